The van der Waals surface area contributed by atoms with Gasteiger partial charge in [-0.05, 0) is 28.1 Å². The fraction of sp³-hybridized carbons (Fsp3) is 0.273. The summed E-state index contributed by atoms with van der Waals surface area (Å²) in [4.78, 5) is 5.23. The van der Waals surface area contributed by atoms with Gasteiger partial charge < -0.3 is 15.4 Å². The Balaban J connectivity index is 1.98. The minimum absolute atomic E-state index is 0.209. The Morgan fingerprint density at radius 1 is 1.44 bits per heavy atom. The number of hydrogen-bond acceptors (Lipinski definition) is 6. The first kappa shape index (κ1) is 13.5. The van der Waals surface area contributed by atoms with Crippen LogP contribution in [0.4, 0.5) is 0 Å². The zero-order chi connectivity index (χ0) is 13.0. The largest absolute Gasteiger partial charge is 0.394 e. The number of rotatable bonds is 5. The number of halogens is 1. The van der Waals surface area contributed by atoms with E-state index >= 15 is 0 Å². The number of aromatic nitrogens is 2. The molecule has 18 heavy (non-hydrogen) atoms. The molecular weight excluding hydrogens is 318 g/mol. The van der Waals surface area contributed by atoms with E-state index in [9.17, 15) is 0 Å². The highest BCUT2D eigenvalue weighted by molar-refractivity contribution is 9.10. The Kier molecular flexibility index (Phi) is 4.76. The maximum absolute atomic E-state index is 8.88. The Morgan fingerprint density at radius 3 is 2.94 bits per heavy atom. The van der Waals surface area contributed by atoms with E-state index < -0.39 is 6.04 Å². The minimum Gasteiger partial charge on any atom is -0.394 e. The first-order chi connectivity index (χ1) is 8.70. The fourth-order valence-corrected chi connectivity index (χ4v) is 2.67. The molecule has 0 aliphatic heterocycles. The topological polar surface area (TPSA) is 85.2 Å². The average Bonchev–Trinajstić information content (AvgIpc) is 2.86. The number of aliphatic hydroxyl groups is 1. The molecule has 2 rings (SSSR count). The summed E-state index contributed by atoms with van der Waals surface area (Å²) in [5.74, 6) is 1.42. The molecule has 7 heteroatoms. The van der Waals surface area contributed by atoms with Gasteiger partial charge in [0.2, 0.25) is 5.89 Å². The van der Waals surface area contributed by atoms with Crippen LogP contribution in [0, 0.1) is 0 Å². The molecule has 0 aliphatic rings. The van der Waals surface area contributed by atoms with Gasteiger partial charge in [0.25, 0.3) is 0 Å². The van der Waals surface area contributed by atoms with Crippen LogP contribution in [0.1, 0.15) is 17.8 Å². The first-order valence-corrected chi connectivity index (χ1v) is 7.05. The predicted octanol–water partition coefficient (Wildman–Crippen LogP) is 2.12. The van der Waals surface area contributed by atoms with Gasteiger partial charge in [0, 0.05) is 9.37 Å². The summed E-state index contributed by atoms with van der Waals surface area (Å²) in [7, 11) is 0. The fourth-order valence-electron chi connectivity index (χ4n) is 1.26. The second-order valence-electron chi connectivity index (χ2n) is 3.56. The highest BCUT2D eigenvalue weighted by Gasteiger charge is 2.13. The summed E-state index contributed by atoms with van der Waals surface area (Å²) in [5, 5.41) is 12.7. The zero-order valence-corrected chi connectivity index (χ0v) is 11.8. The molecule has 0 saturated carbocycles. The van der Waals surface area contributed by atoms with E-state index in [2.05, 4.69) is 26.1 Å². The maximum atomic E-state index is 8.88. The van der Waals surface area contributed by atoms with Crippen molar-refractivity contribution in [2.45, 2.75) is 16.7 Å². The van der Waals surface area contributed by atoms with E-state index in [1.807, 2.05) is 24.3 Å². The summed E-state index contributed by atoms with van der Waals surface area (Å²) in [6, 6.07) is 7.30. The lowest BCUT2D eigenvalue weighted by Crippen LogP contribution is -2.14. The minimum atomic E-state index is -0.611. The lowest BCUT2D eigenvalue weighted by molar-refractivity contribution is 0.236. The third kappa shape index (κ3) is 3.32. The summed E-state index contributed by atoms with van der Waals surface area (Å²) in [6.45, 7) is -0.209. The molecular formula is C11H12BrN3O2S. The molecule has 1 heterocycles. The third-order valence-corrected chi connectivity index (χ3v) is 4.21. The normalized spacial score (nSPS) is 12.6. The molecule has 1 aromatic heterocycles. The van der Waals surface area contributed by atoms with Crippen molar-refractivity contribution >= 4 is 27.7 Å². The van der Waals surface area contributed by atoms with Crippen LogP contribution < -0.4 is 5.73 Å². The molecule has 2 aromatic rings. The highest BCUT2D eigenvalue weighted by Crippen LogP contribution is 2.29. The molecule has 0 radical (unpaired) electrons. The Bertz CT molecular complexity index is 520. The van der Waals surface area contributed by atoms with Crippen LogP contribution in [0.3, 0.4) is 0 Å². The van der Waals surface area contributed by atoms with E-state index in [0.29, 0.717) is 11.6 Å². The summed E-state index contributed by atoms with van der Waals surface area (Å²) < 4.78 is 6.00. The standard InChI is InChI=1S/C11H12BrN3O2S/c12-7-3-1-2-4-9(7)18-6-10-14-11(17-15-10)8(13)5-16/h1-4,8,16H,5-6,13H2/t8-/m0/s1. The smallest absolute Gasteiger partial charge is 0.245 e. The molecule has 1 aromatic carbocycles. The molecule has 3 N–H and O–H groups in total. The third-order valence-electron chi connectivity index (χ3n) is 2.19. The van der Waals surface area contributed by atoms with Crippen LogP contribution in [0.15, 0.2) is 38.2 Å². The van der Waals surface area contributed by atoms with Gasteiger partial charge in [-0.15, -0.1) is 11.8 Å². The van der Waals surface area contributed by atoms with Crippen LogP contribution in [-0.2, 0) is 5.75 Å². The van der Waals surface area contributed by atoms with Crippen molar-refractivity contribution in [1.82, 2.24) is 10.1 Å². The van der Waals surface area contributed by atoms with Crippen molar-refractivity contribution in [2.24, 2.45) is 5.73 Å². The molecule has 0 aliphatic carbocycles. The molecule has 0 bridgehead atoms. The van der Waals surface area contributed by atoms with E-state index in [1.165, 1.54) is 0 Å². The Hall–Kier alpha value is -0.890. The van der Waals surface area contributed by atoms with Gasteiger partial charge in [0.1, 0.15) is 6.04 Å². The van der Waals surface area contributed by atoms with Crippen molar-refractivity contribution < 1.29 is 9.63 Å². The Morgan fingerprint density at radius 2 is 2.22 bits per heavy atom. The van der Waals surface area contributed by atoms with Crippen LogP contribution in [-0.4, -0.2) is 21.9 Å². The lowest BCUT2D eigenvalue weighted by atomic mass is 10.3. The predicted molar refractivity (Wildman–Crippen MR) is 72.0 cm³/mol. The van der Waals surface area contributed by atoms with Crippen LogP contribution in [0.25, 0.3) is 0 Å². The highest BCUT2D eigenvalue weighted by atomic mass is 79.9. The average molecular weight is 330 g/mol. The first-order valence-electron chi connectivity index (χ1n) is 5.27. The van der Waals surface area contributed by atoms with Crippen LogP contribution in [0.5, 0.6) is 0 Å². The molecule has 0 saturated heterocycles. The SMILES string of the molecule is N[C@@H](CO)c1nc(CSc2ccccc2Br)no1. The number of nitrogens with two attached hydrogens (primary N) is 1. The summed E-state index contributed by atoms with van der Waals surface area (Å²) in [5.41, 5.74) is 5.58. The van der Waals surface area contributed by atoms with Crippen LogP contribution >= 0.6 is 27.7 Å². The van der Waals surface area contributed by atoms with Gasteiger partial charge in [0.15, 0.2) is 5.82 Å². The molecule has 0 unspecified atom stereocenters. The second-order valence-corrected chi connectivity index (χ2v) is 5.43. The van der Waals surface area contributed by atoms with Crippen molar-refractivity contribution in [3.8, 4) is 0 Å². The molecule has 5 nitrogen and oxygen atoms in total. The molecule has 0 fully saturated rings. The van der Waals surface area contributed by atoms with E-state index in [0.717, 1.165) is 9.37 Å². The Labute approximate surface area is 117 Å². The lowest BCUT2D eigenvalue weighted by Gasteiger charge is -2.01. The summed E-state index contributed by atoms with van der Waals surface area (Å²) >= 11 is 5.07. The van der Waals surface area contributed by atoms with Gasteiger partial charge in [-0.1, -0.05) is 17.3 Å². The monoisotopic (exact) mass is 329 g/mol. The molecule has 0 spiro atoms. The summed E-state index contributed by atoms with van der Waals surface area (Å²) in [6.07, 6.45) is 0. The van der Waals surface area contributed by atoms with E-state index in [4.69, 9.17) is 15.4 Å². The molecule has 96 valence electrons. The number of thioether (sulfide) groups is 1. The van der Waals surface area contributed by atoms with Gasteiger partial charge in [-0.3, -0.25) is 0 Å². The number of aliphatic hydroxyl groups excluding tert-OH is 1. The number of benzene rings is 1. The zero-order valence-electron chi connectivity index (χ0n) is 9.41. The van der Waals surface area contributed by atoms with Crippen molar-refractivity contribution in [2.75, 3.05) is 6.61 Å². The van der Waals surface area contributed by atoms with Gasteiger partial charge >= 0.3 is 0 Å². The van der Waals surface area contributed by atoms with Gasteiger partial charge in [-0.25, -0.2) is 0 Å². The van der Waals surface area contributed by atoms with Crippen molar-refractivity contribution in [1.29, 1.82) is 0 Å². The van der Waals surface area contributed by atoms with Gasteiger partial charge in [0.05, 0.1) is 12.4 Å². The second kappa shape index (κ2) is 6.33. The van der Waals surface area contributed by atoms with Crippen molar-refractivity contribution in [3.63, 3.8) is 0 Å². The molecule has 1 atom stereocenters. The number of hydrogen-bond donors (Lipinski definition) is 2. The van der Waals surface area contributed by atoms with Gasteiger partial charge in [-0.2, -0.15) is 4.98 Å². The molecule has 0 amide bonds. The quantitative estimate of drug-likeness (QED) is 0.817. The van der Waals surface area contributed by atoms with Crippen molar-refractivity contribution in [3.05, 3.63) is 40.5 Å². The van der Waals surface area contributed by atoms with Crippen LogP contribution in [0.2, 0.25) is 0 Å². The van der Waals surface area contributed by atoms with E-state index in [-0.39, 0.29) is 12.5 Å². The van der Waals surface area contributed by atoms with E-state index in [1.54, 1.807) is 11.8 Å². The maximum Gasteiger partial charge on any atom is 0.245 e. The number of nitrogens with zero attached hydrogens (tertiary/aromatic N) is 2.